The zero-order chi connectivity index (χ0) is 33.2. The van der Waals surface area contributed by atoms with Gasteiger partial charge in [-0.05, 0) is 59.0 Å². The number of thioether (sulfide) groups is 1. The monoisotopic (exact) mass is 656 g/mol. The van der Waals surface area contributed by atoms with Gasteiger partial charge in [0, 0.05) is 27.1 Å². The minimum Gasteiger partial charge on any atom is -0.321 e. The zero-order valence-electron chi connectivity index (χ0n) is 25.8. The number of amides is 3. The molecule has 0 saturated heterocycles. The van der Waals surface area contributed by atoms with Crippen LogP contribution in [0.25, 0.3) is 17.2 Å². The largest absolute Gasteiger partial charge is 0.321 e. The normalized spacial score (nSPS) is 11.1. The van der Waals surface area contributed by atoms with Crippen molar-refractivity contribution in [2.24, 2.45) is 0 Å². The molecule has 0 aliphatic carbocycles. The maximum absolute atomic E-state index is 13.5. The molecule has 3 amide bonds. The highest BCUT2D eigenvalue weighted by molar-refractivity contribution is 8.00. The SMILES string of the molecule is CC(C)c1ccc(/C=C(/NC(=O)c2ccccc2)C(=O)Nc2cccc(SCC(=O)Nc3scc(-c4ccccc4)c3C#N)c2)cc1. The van der Waals surface area contributed by atoms with Crippen molar-refractivity contribution in [3.63, 3.8) is 0 Å². The van der Waals surface area contributed by atoms with Gasteiger partial charge in [-0.15, -0.1) is 23.1 Å². The molecule has 234 valence electrons. The first-order chi connectivity index (χ1) is 22.8. The molecule has 1 heterocycles. The zero-order valence-corrected chi connectivity index (χ0v) is 27.5. The van der Waals surface area contributed by atoms with Crippen molar-refractivity contribution in [1.82, 2.24) is 5.32 Å². The van der Waals surface area contributed by atoms with Crippen molar-refractivity contribution in [1.29, 1.82) is 5.26 Å². The molecular formula is C38H32N4O3S2. The Balaban J connectivity index is 1.26. The van der Waals surface area contributed by atoms with Gasteiger partial charge in [0.25, 0.3) is 11.8 Å². The van der Waals surface area contributed by atoms with Crippen LogP contribution in [0.5, 0.6) is 0 Å². The fourth-order valence-electron chi connectivity index (χ4n) is 4.65. The third-order valence-electron chi connectivity index (χ3n) is 7.15. The van der Waals surface area contributed by atoms with Crippen molar-refractivity contribution in [3.05, 3.63) is 143 Å². The summed E-state index contributed by atoms with van der Waals surface area (Å²) < 4.78 is 0. The van der Waals surface area contributed by atoms with Gasteiger partial charge in [0.1, 0.15) is 16.8 Å². The van der Waals surface area contributed by atoms with Crippen molar-refractivity contribution in [3.8, 4) is 17.2 Å². The summed E-state index contributed by atoms with van der Waals surface area (Å²) in [6, 6.07) is 35.5. The highest BCUT2D eigenvalue weighted by Crippen LogP contribution is 2.35. The van der Waals surface area contributed by atoms with Gasteiger partial charge in [0.15, 0.2) is 0 Å². The minimum absolute atomic E-state index is 0.0905. The van der Waals surface area contributed by atoms with Gasteiger partial charge in [0.05, 0.1) is 11.3 Å². The maximum atomic E-state index is 13.5. The lowest BCUT2D eigenvalue weighted by Gasteiger charge is -2.13. The van der Waals surface area contributed by atoms with Crippen molar-refractivity contribution < 1.29 is 14.4 Å². The Hall–Kier alpha value is -5.43. The number of rotatable bonds is 11. The Labute approximate surface area is 282 Å². The molecule has 7 nitrogen and oxygen atoms in total. The van der Waals surface area contributed by atoms with Crippen molar-refractivity contribution in [2.75, 3.05) is 16.4 Å². The summed E-state index contributed by atoms with van der Waals surface area (Å²) in [6.07, 6.45) is 1.65. The smallest absolute Gasteiger partial charge is 0.272 e. The molecule has 3 N–H and O–H groups in total. The van der Waals surface area contributed by atoms with E-state index in [0.717, 1.165) is 21.6 Å². The van der Waals surface area contributed by atoms with E-state index in [9.17, 15) is 19.6 Å². The van der Waals surface area contributed by atoms with Gasteiger partial charge in [-0.2, -0.15) is 5.26 Å². The van der Waals surface area contributed by atoms with E-state index in [1.807, 2.05) is 72.1 Å². The molecule has 0 fully saturated rings. The highest BCUT2D eigenvalue weighted by atomic mass is 32.2. The second-order valence-electron chi connectivity index (χ2n) is 10.8. The molecule has 0 spiro atoms. The van der Waals surface area contributed by atoms with E-state index < -0.39 is 11.8 Å². The number of nitrogens with zero attached hydrogens (tertiary/aromatic N) is 1. The summed E-state index contributed by atoms with van der Waals surface area (Å²) in [5.41, 5.74) is 5.09. The second kappa shape index (κ2) is 15.7. The number of thiophene rings is 1. The number of benzene rings is 4. The van der Waals surface area contributed by atoms with Gasteiger partial charge < -0.3 is 16.0 Å². The first-order valence-corrected chi connectivity index (χ1v) is 16.8. The summed E-state index contributed by atoms with van der Waals surface area (Å²) >= 11 is 2.62. The fraction of sp³-hybridized carbons (Fsp3) is 0.105. The van der Waals surface area contributed by atoms with Gasteiger partial charge in [0.2, 0.25) is 5.91 Å². The Bertz CT molecular complexity index is 1940. The Morgan fingerprint density at radius 2 is 1.57 bits per heavy atom. The topological polar surface area (TPSA) is 111 Å². The van der Waals surface area contributed by atoms with Crippen LogP contribution in [0.4, 0.5) is 10.7 Å². The maximum Gasteiger partial charge on any atom is 0.272 e. The van der Waals surface area contributed by atoms with Crippen molar-refractivity contribution in [2.45, 2.75) is 24.7 Å². The van der Waals surface area contributed by atoms with Crippen LogP contribution in [0.15, 0.2) is 125 Å². The molecule has 0 bridgehead atoms. The molecule has 5 aromatic rings. The molecule has 1 aromatic heterocycles. The Morgan fingerprint density at radius 3 is 2.26 bits per heavy atom. The van der Waals surface area contributed by atoms with Gasteiger partial charge in [-0.3, -0.25) is 14.4 Å². The van der Waals surface area contributed by atoms with E-state index in [1.165, 1.54) is 28.7 Å². The van der Waals surface area contributed by atoms with Crippen molar-refractivity contribution >= 4 is 57.6 Å². The van der Waals surface area contributed by atoms with E-state index in [2.05, 4.69) is 35.9 Å². The summed E-state index contributed by atoms with van der Waals surface area (Å²) in [5, 5.41) is 20.7. The molecule has 0 aliphatic rings. The number of anilines is 2. The standard InChI is InChI=1S/C38H32N4O3S2/c1-25(2)27-18-16-26(17-19-27)20-34(41-36(44)29-12-7-4-8-13-29)37(45)40-30-14-9-15-31(21-30)46-24-35(43)42-38-32(22-39)33(23-47-38)28-10-5-3-6-11-28/h3-21,23,25H,24H2,1-2H3,(H,40,45)(H,41,44)(H,42,43)/b34-20+. The average Bonchev–Trinajstić information content (AvgIpc) is 3.50. The first-order valence-electron chi connectivity index (χ1n) is 14.9. The fourth-order valence-corrected chi connectivity index (χ4v) is 6.34. The van der Waals surface area contributed by atoms with Gasteiger partial charge in [-0.25, -0.2) is 0 Å². The molecular weight excluding hydrogens is 625 g/mol. The number of hydrogen-bond acceptors (Lipinski definition) is 6. The highest BCUT2D eigenvalue weighted by Gasteiger charge is 2.17. The van der Waals surface area contributed by atoms with Crippen LogP contribution in [0.1, 0.15) is 46.8 Å². The quantitative estimate of drug-likeness (QED) is 0.0975. The predicted molar refractivity (Wildman–Crippen MR) is 191 cm³/mol. The summed E-state index contributed by atoms with van der Waals surface area (Å²) in [7, 11) is 0. The lowest BCUT2D eigenvalue weighted by molar-refractivity contribution is -0.114. The molecule has 0 radical (unpaired) electrons. The molecule has 0 aliphatic heterocycles. The van der Waals surface area contributed by atoms with Gasteiger partial charge >= 0.3 is 0 Å². The number of nitrogens with one attached hydrogen (secondary N) is 3. The van der Waals surface area contributed by atoms with Gasteiger partial charge in [-0.1, -0.05) is 92.7 Å². The van der Waals surface area contributed by atoms with E-state index in [4.69, 9.17) is 0 Å². The lowest BCUT2D eigenvalue weighted by Crippen LogP contribution is -2.30. The molecule has 0 saturated carbocycles. The minimum atomic E-state index is -0.488. The van der Waals surface area contributed by atoms with Crippen LogP contribution in [-0.4, -0.2) is 23.5 Å². The van der Waals surface area contributed by atoms with Crippen LogP contribution in [0.3, 0.4) is 0 Å². The molecule has 5 rings (SSSR count). The lowest BCUT2D eigenvalue weighted by atomic mass is 10.0. The third-order valence-corrected chi connectivity index (χ3v) is 9.03. The third kappa shape index (κ3) is 8.85. The van der Waals surface area contributed by atoms with E-state index >= 15 is 0 Å². The van der Waals surface area contributed by atoms with Crippen LogP contribution >= 0.6 is 23.1 Å². The number of nitriles is 1. The molecule has 0 unspecified atom stereocenters. The number of hydrogen-bond donors (Lipinski definition) is 3. The summed E-state index contributed by atoms with van der Waals surface area (Å²) in [5.74, 6) is -0.672. The second-order valence-corrected chi connectivity index (χ2v) is 12.8. The molecule has 4 aromatic carbocycles. The van der Waals surface area contributed by atoms with Crippen LogP contribution in [0, 0.1) is 11.3 Å². The molecule has 0 atom stereocenters. The Kier molecular flexibility index (Phi) is 11.0. The van der Waals surface area contributed by atoms with Crippen LogP contribution in [-0.2, 0) is 9.59 Å². The van der Waals surface area contributed by atoms with E-state index in [1.54, 1.807) is 48.5 Å². The van der Waals surface area contributed by atoms with E-state index in [0.29, 0.717) is 27.7 Å². The average molecular weight is 657 g/mol. The number of carbonyl (C=O) groups excluding carboxylic acids is 3. The van der Waals surface area contributed by atoms with E-state index in [-0.39, 0.29) is 17.4 Å². The van der Waals surface area contributed by atoms with Crippen LogP contribution in [0.2, 0.25) is 0 Å². The summed E-state index contributed by atoms with van der Waals surface area (Å²) in [4.78, 5) is 40.1. The first kappa shape index (κ1) is 32.9. The predicted octanol–water partition coefficient (Wildman–Crippen LogP) is 8.55. The molecule has 47 heavy (non-hydrogen) atoms. The Morgan fingerprint density at radius 1 is 0.872 bits per heavy atom. The number of carbonyl (C=O) groups is 3. The molecule has 9 heteroatoms. The summed E-state index contributed by atoms with van der Waals surface area (Å²) in [6.45, 7) is 4.22. The van der Waals surface area contributed by atoms with Crippen LogP contribution < -0.4 is 16.0 Å².